The fourth-order valence-electron chi connectivity index (χ4n) is 4.63. The number of nitriles is 1. The van der Waals surface area contributed by atoms with E-state index in [9.17, 15) is 5.26 Å². The van der Waals surface area contributed by atoms with Crippen LogP contribution >= 0.6 is 0 Å². The molecule has 0 aliphatic heterocycles. The Balaban J connectivity index is 1.46. The average Bonchev–Trinajstić information content (AvgIpc) is 3.53. The number of ether oxygens (including phenoxy) is 2. The molecule has 1 aliphatic rings. The van der Waals surface area contributed by atoms with E-state index in [1.165, 1.54) is 0 Å². The number of benzene rings is 1. The second kappa shape index (κ2) is 9.63. The fourth-order valence-corrected chi connectivity index (χ4v) is 4.63. The van der Waals surface area contributed by atoms with Crippen LogP contribution in [0.3, 0.4) is 0 Å². The largest absolute Gasteiger partial charge is 0.382 e. The highest BCUT2D eigenvalue weighted by Crippen LogP contribution is 2.37. The Bertz CT molecular complexity index is 1310. The van der Waals surface area contributed by atoms with E-state index in [0.717, 1.165) is 48.2 Å². The lowest BCUT2D eigenvalue weighted by molar-refractivity contribution is -0.00297. The summed E-state index contributed by atoms with van der Waals surface area (Å²) in [7, 11) is 1.67. The summed E-state index contributed by atoms with van der Waals surface area (Å²) in [5.41, 5.74) is 10.9. The van der Waals surface area contributed by atoms with Crippen molar-refractivity contribution in [2.75, 3.05) is 26.1 Å². The zero-order chi connectivity index (χ0) is 23.5. The number of hydrogen-bond donors (Lipinski definition) is 1. The number of anilines is 1. The summed E-state index contributed by atoms with van der Waals surface area (Å²) in [4.78, 5) is 4.95. The Hall–Kier alpha value is -3.74. The number of aromatic nitrogens is 5. The first-order chi connectivity index (χ1) is 16.7. The van der Waals surface area contributed by atoms with Gasteiger partial charge >= 0.3 is 0 Å². The molecule has 0 radical (unpaired) electrons. The molecule has 3 aromatic heterocycles. The van der Waals surface area contributed by atoms with Gasteiger partial charge in [-0.25, -0.2) is 9.67 Å². The van der Waals surface area contributed by atoms with Gasteiger partial charge in [-0.05, 0) is 37.8 Å². The first-order valence-electron chi connectivity index (χ1n) is 11.5. The van der Waals surface area contributed by atoms with Gasteiger partial charge in [0.05, 0.1) is 43.1 Å². The van der Waals surface area contributed by atoms with Crippen molar-refractivity contribution in [2.45, 2.75) is 37.7 Å². The minimum atomic E-state index is 0.152. The third-order valence-corrected chi connectivity index (χ3v) is 6.44. The number of nitrogens with zero attached hydrogens (tertiary/aromatic N) is 6. The summed E-state index contributed by atoms with van der Waals surface area (Å²) in [5, 5.41) is 18.8. The molecule has 0 saturated heterocycles. The van der Waals surface area contributed by atoms with Crippen LogP contribution < -0.4 is 5.73 Å². The number of nitrogen functional groups attached to an aromatic ring is 1. The molecule has 1 saturated carbocycles. The van der Waals surface area contributed by atoms with Crippen LogP contribution in [-0.2, 0) is 9.47 Å². The maximum atomic E-state index is 9.87. The minimum Gasteiger partial charge on any atom is -0.382 e. The van der Waals surface area contributed by atoms with Gasteiger partial charge in [-0.3, -0.25) is 0 Å². The number of hydrogen-bond acceptors (Lipinski definition) is 7. The van der Waals surface area contributed by atoms with Crippen LogP contribution in [-0.4, -0.2) is 50.8 Å². The molecule has 2 N–H and O–H groups in total. The lowest BCUT2D eigenvalue weighted by Gasteiger charge is -2.29. The summed E-state index contributed by atoms with van der Waals surface area (Å²) < 4.78 is 14.3. The molecule has 1 aliphatic carbocycles. The molecule has 9 heteroatoms. The lowest BCUT2D eigenvalue weighted by Crippen LogP contribution is -2.23. The van der Waals surface area contributed by atoms with Crippen molar-refractivity contribution in [3.63, 3.8) is 0 Å². The number of rotatable bonds is 7. The molecule has 174 valence electrons. The van der Waals surface area contributed by atoms with Crippen LogP contribution in [0.2, 0.25) is 0 Å². The van der Waals surface area contributed by atoms with Gasteiger partial charge in [-0.2, -0.15) is 20.0 Å². The zero-order valence-electron chi connectivity index (χ0n) is 19.1. The Morgan fingerprint density at radius 2 is 1.88 bits per heavy atom. The quantitative estimate of drug-likeness (QED) is 0.420. The van der Waals surface area contributed by atoms with Crippen LogP contribution in [0.5, 0.6) is 0 Å². The van der Waals surface area contributed by atoms with E-state index in [1.54, 1.807) is 24.0 Å². The van der Waals surface area contributed by atoms with E-state index in [1.807, 2.05) is 41.2 Å². The number of nitrogens with two attached hydrogens (primary N) is 1. The first-order valence-corrected chi connectivity index (χ1v) is 11.5. The number of fused-ring (bicyclic) bond motifs is 1. The van der Waals surface area contributed by atoms with E-state index in [-0.39, 0.29) is 12.0 Å². The molecule has 3 heterocycles. The highest BCUT2D eigenvalue weighted by molar-refractivity contribution is 5.78. The molecule has 0 bridgehead atoms. The maximum absolute atomic E-state index is 9.87. The van der Waals surface area contributed by atoms with Gasteiger partial charge in [-0.15, -0.1) is 0 Å². The summed E-state index contributed by atoms with van der Waals surface area (Å²) in [6.07, 6.45) is 9.31. The van der Waals surface area contributed by atoms with Gasteiger partial charge in [0.15, 0.2) is 5.65 Å². The van der Waals surface area contributed by atoms with Gasteiger partial charge < -0.3 is 15.2 Å². The van der Waals surface area contributed by atoms with Gasteiger partial charge in [0.25, 0.3) is 0 Å². The van der Waals surface area contributed by atoms with Crippen molar-refractivity contribution in [2.24, 2.45) is 0 Å². The smallest absolute Gasteiger partial charge is 0.165 e. The topological polar surface area (TPSA) is 116 Å². The molecule has 4 aromatic rings. The Morgan fingerprint density at radius 1 is 1.09 bits per heavy atom. The molecule has 1 aromatic carbocycles. The molecule has 1 fully saturated rings. The van der Waals surface area contributed by atoms with Gasteiger partial charge in [0.2, 0.25) is 0 Å². The molecule has 0 atom stereocenters. The zero-order valence-corrected chi connectivity index (χ0v) is 19.1. The molecule has 0 amide bonds. The second-order valence-corrected chi connectivity index (χ2v) is 8.51. The fraction of sp³-hybridized carbons (Fsp3) is 0.360. The van der Waals surface area contributed by atoms with E-state index in [0.29, 0.717) is 30.2 Å². The standard InChI is InChI=1S/C25H27N7O2/c1-33-11-12-34-20-9-7-17(8-10-20)23-21(13-26)24(27)32-25(30-23)22(15-29-32)18-14-28-31(16-18)19-5-3-2-4-6-19/h2-6,14-17,20H,7-12,27H2,1H3. The van der Waals surface area contributed by atoms with Crippen LogP contribution in [0.25, 0.3) is 22.5 Å². The highest BCUT2D eigenvalue weighted by atomic mass is 16.5. The van der Waals surface area contributed by atoms with Crippen LogP contribution in [0.15, 0.2) is 48.9 Å². The lowest BCUT2D eigenvalue weighted by atomic mass is 9.83. The summed E-state index contributed by atoms with van der Waals surface area (Å²) in [6.45, 7) is 1.19. The maximum Gasteiger partial charge on any atom is 0.165 e. The first kappa shape index (κ1) is 22.1. The van der Waals surface area contributed by atoms with Crippen LogP contribution in [0, 0.1) is 11.3 Å². The number of methoxy groups -OCH3 is 1. The van der Waals surface area contributed by atoms with E-state index < -0.39 is 0 Å². The monoisotopic (exact) mass is 457 g/mol. The molecular formula is C25H27N7O2. The normalized spacial score (nSPS) is 18.2. The van der Waals surface area contributed by atoms with E-state index in [2.05, 4.69) is 16.3 Å². The number of para-hydroxylation sites is 1. The minimum absolute atomic E-state index is 0.152. The summed E-state index contributed by atoms with van der Waals surface area (Å²) in [5.74, 6) is 0.474. The van der Waals surface area contributed by atoms with Crippen LogP contribution in [0.4, 0.5) is 5.82 Å². The predicted molar refractivity (Wildman–Crippen MR) is 127 cm³/mol. The van der Waals surface area contributed by atoms with Crippen molar-refractivity contribution in [1.82, 2.24) is 24.4 Å². The average molecular weight is 458 g/mol. The highest BCUT2D eigenvalue weighted by Gasteiger charge is 2.28. The molecule has 5 rings (SSSR count). The summed E-state index contributed by atoms with van der Waals surface area (Å²) >= 11 is 0. The van der Waals surface area contributed by atoms with Crippen molar-refractivity contribution in [3.8, 4) is 22.9 Å². The Labute approximate surface area is 197 Å². The van der Waals surface area contributed by atoms with Crippen LogP contribution in [0.1, 0.15) is 42.9 Å². The van der Waals surface area contributed by atoms with Crippen molar-refractivity contribution in [1.29, 1.82) is 5.26 Å². The SMILES string of the molecule is COCCOC1CCC(c2nc3c(-c4cnn(-c5ccccc5)c4)cnn3c(N)c2C#N)CC1. The van der Waals surface area contributed by atoms with E-state index in [4.69, 9.17) is 20.2 Å². The molecule has 0 spiro atoms. The van der Waals surface area contributed by atoms with Gasteiger partial charge in [-0.1, -0.05) is 18.2 Å². The predicted octanol–water partition coefficient (Wildman–Crippen LogP) is 3.73. The van der Waals surface area contributed by atoms with Crippen molar-refractivity contribution >= 4 is 11.5 Å². The third-order valence-electron chi connectivity index (χ3n) is 6.44. The van der Waals surface area contributed by atoms with Crippen molar-refractivity contribution < 1.29 is 9.47 Å². The van der Waals surface area contributed by atoms with E-state index >= 15 is 0 Å². The van der Waals surface area contributed by atoms with Crippen molar-refractivity contribution in [3.05, 3.63) is 60.2 Å². The second-order valence-electron chi connectivity index (χ2n) is 8.51. The molecule has 34 heavy (non-hydrogen) atoms. The van der Waals surface area contributed by atoms with Gasteiger partial charge in [0, 0.05) is 30.4 Å². The Morgan fingerprint density at radius 3 is 2.62 bits per heavy atom. The molecule has 9 nitrogen and oxygen atoms in total. The van der Waals surface area contributed by atoms with Gasteiger partial charge in [0.1, 0.15) is 17.5 Å². The molecular weight excluding hydrogens is 430 g/mol. The summed E-state index contributed by atoms with van der Waals surface area (Å²) in [6, 6.07) is 12.2. The Kier molecular flexibility index (Phi) is 6.25. The third kappa shape index (κ3) is 4.14. The molecule has 0 unspecified atom stereocenters.